The second kappa shape index (κ2) is 4.24. The highest BCUT2D eigenvalue weighted by atomic mass is 16.5. The first kappa shape index (κ1) is 11.5. The van der Waals surface area contributed by atoms with Crippen molar-refractivity contribution in [2.24, 2.45) is 7.05 Å². The van der Waals surface area contributed by atoms with Crippen LogP contribution in [0.4, 0.5) is 0 Å². The number of benzene rings is 1. The molecule has 0 aliphatic heterocycles. The molecule has 0 aliphatic rings. The van der Waals surface area contributed by atoms with E-state index in [2.05, 4.69) is 15.3 Å². The van der Waals surface area contributed by atoms with Crippen LogP contribution < -0.4 is 10.3 Å². The maximum atomic E-state index is 11.7. The lowest BCUT2D eigenvalue weighted by Crippen LogP contribution is -2.09. The van der Waals surface area contributed by atoms with Crippen molar-refractivity contribution in [1.29, 1.82) is 0 Å². The van der Waals surface area contributed by atoms with Gasteiger partial charge in [-0.2, -0.15) is 10.2 Å². The van der Waals surface area contributed by atoms with Gasteiger partial charge in [-0.3, -0.25) is 9.48 Å². The minimum absolute atomic E-state index is 0.236. The summed E-state index contributed by atoms with van der Waals surface area (Å²) in [7, 11) is 3.41. The summed E-state index contributed by atoms with van der Waals surface area (Å²) < 4.78 is 6.77. The number of ether oxygens (including phenoxy) is 1. The number of hydrogen-bond donors (Lipinski definition) is 1. The van der Waals surface area contributed by atoms with E-state index in [9.17, 15) is 4.79 Å². The fraction of sp³-hybridized carbons (Fsp3) is 0.154. The quantitative estimate of drug-likeness (QED) is 0.750. The molecule has 0 aliphatic carbocycles. The number of nitrogens with zero attached hydrogens (tertiary/aromatic N) is 3. The number of rotatable bonds is 2. The van der Waals surface area contributed by atoms with Crippen molar-refractivity contribution >= 4 is 10.9 Å². The molecule has 0 spiro atoms. The van der Waals surface area contributed by atoms with Gasteiger partial charge in [0, 0.05) is 12.6 Å². The zero-order valence-corrected chi connectivity index (χ0v) is 10.5. The summed E-state index contributed by atoms with van der Waals surface area (Å²) in [5, 5.41) is 11.3. The van der Waals surface area contributed by atoms with Crippen LogP contribution in [0.3, 0.4) is 0 Å². The summed E-state index contributed by atoms with van der Waals surface area (Å²) in [6, 6.07) is 7.49. The lowest BCUT2D eigenvalue weighted by Gasteiger charge is -2.05. The number of aromatic amines is 1. The second-order valence-electron chi connectivity index (χ2n) is 4.16. The van der Waals surface area contributed by atoms with Crippen LogP contribution in [0, 0.1) is 0 Å². The van der Waals surface area contributed by atoms with Crippen LogP contribution in [-0.4, -0.2) is 27.1 Å². The van der Waals surface area contributed by atoms with E-state index in [1.54, 1.807) is 25.0 Å². The van der Waals surface area contributed by atoms with Gasteiger partial charge in [0.15, 0.2) is 0 Å². The van der Waals surface area contributed by atoms with Crippen LogP contribution in [0.15, 0.2) is 35.3 Å². The summed E-state index contributed by atoms with van der Waals surface area (Å²) in [6.07, 6.45) is 1.54. The number of methoxy groups -OCH3 is 1. The number of aromatic nitrogens is 4. The molecule has 0 fully saturated rings. The average molecular weight is 256 g/mol. The van der Waals surface area contributed by atoms with Crippen molar-refractivity contribution in [2.75, 3.05) is 7.11 Å². The number of H-pyrrole nitrogens is 1. The van der Waals surface area contributed by atoms with Crippen molar-refractivity contribution in [3.8, 4) is 17.0 Å². The van der Waals surface area contributed by atoms with Crippen molar-refractivity contribution in [3.63, 3.8) is 0 Å². The molecule has 1 N–H and O–H groups in total. The van der Waals surface area contributed by atoms with E-state index >= 15 is 0 Å². The SMILES string of the molecule is COc1ccc(-c2n[nH]c(=O)c3cnn(C)c23)cc1. The first-order chi connectivity index (χ1) is 9.20. The third kappa shape index (κ3) is 1.77. The predicted molar refractivity (Wildman–Crippen MR) is 71.1 cm³/mol. The molecule has 0 amide bonds. The highest BCUT2D eigenvalue weighted by Crippen LogP contribution is 2.25. The Balaban J connectivity index is 2.27. The Morgan fingerprint density at radius 3 is 2.68 bits per heavy atom. The third-order valence-corrected chi connectivity index (χ3v) is 3.04. The molecule has 0 saturated heterocycles. The Morgan fingerprint density at radius 1 is 1.26 bits per heavy atom. The Morgan fingerprint density at radius 2 is 2.00 bits per heavy atom. The summed E-state index contributed by atoms with van der Waals surface area (Å²) in [5.74, 6) is 0.773. The Hall–Kier alpha value is -2.63. The summed E-state index contributed by atoms with van der Waals surface area (Å²) in [6.45, 7) is 0. The van der Waals surface area contributed by atoms with Gasteiger partial charge in [0.25, 0.3) is 5.56 Å². The van der Waals surface area contributed by atoms with Crippen molar-refractivity contribution in [2.45, 2.75) is 0 Å². The molecule has 0 bridgehead atoms. The summed E-state index contributed by atoms with van der Waals surface area (Å²) >= 11 is 0. The molecule has 6 heteroatoms. The van der Waals surface area contributed by atoms with Crippen LogP contribution in [0.5, 0.6) is 5.75 Å². The van der Waals surface area contributed by atoms with Crippen molar-refractivity contribution in [1.82, 2.24) is 20.0 Å². The highest BCUT2D eigenvalue weighted by Gasteiger charge is 2.12. The predicted octanol–water partition coefficient (Wildman–Crippen LogP) is 1.33. The molecule has 0 radical (unpaired) electrons. The molecule has 6 nitrogen and oxygen atoms in total. The topological polar surface area (TPSA) is 72.8 Å². The molecule has 96 valence electrons. The molecule has 0 saturated carbocycles. The van der Waals surface area contributed by atoms with Gasteiger partial charge in [-0.15, -0.1) is 0 Å². The van der Waals surface area contributed by atoms with E-state index in [-0.39, 0.29) is 5.56 Å². The molecule has 19 heavy (non-hydrogen) atoms. The monoisotopic (exact) mass is 256 g/mol. The zero-order valence-electron chi connectivity index (χ0n) is 10.5. The highest BCUT2D eigenvalue weighted by molar-refractivity contribution is 5.90. The molecule has 2 heterocycles. The van der Waals surface area contributed by atoms with Crippen molar-refractivity contribution < 1.29 is 4.74 Å². The fourth-order valence-electron chi connectivity index (χ4n) is 2.05. The van der Waals surface area contributed by atoms with Crippen LogP contribution in [0.2, 0.25) is 0 Å². The first-order valence-corrected chi connectivity index (χ1v) is 5.75. The van der Waals surface area contributed by atoms with Gasteiger partial charge in [0.1, 0.15) is 17.0 Å². The Kier molecular flexibility index (Phi) is 2.56. The zero-order chi connectivity index (χ0) is 13.4. The van der Waals surface area contributed by atoms with Crippen molar-refractivity contribution in [3.05, 3.63) is 40.8 Å². The number of hydrogen-bond acceptors (Lipinski definition) is 4. The van der Waals surface area contributed by atoms with Crippen LogP contribution in [0.25, 0.3) is 22.2 Å². The van der Waals surface area contributed by atoms with Crippen LogP contribution >= 0.6 is 0 Å². The maximum absolute atomic E-state index is 11.7. The minimum Gasteiger partial charge on any atom is -0.497 e. The van der Waals surface area contributed by atoms with Gasteiger partial charge < -0.3 is 4.74 Å². The number of aryl methyl sites for hydroxylation is 1. The van der Waals surface area contributed by atoms with E-state index in [1.165, 1.54) is 0 Å². The minimum atomic E-state index is -0.236. The van der Waals surface area contributed by atoms with Crippen LogP contribution in [-0.2, 0) is 7.05 Å². The standard InChI is InChI=1S/C13H12N4O2/c1-17-12-10(7-14-17)13(18)16-15-11(12)8-3-5-9(19-2)6-4-8/h3-7H,1-2H3,(H,16,18). The molecule has 3 aromatic rings. The van der Waals surface area contributed by atoms with Gasteiger partial charge in [0.2, 0.25) is 0 Å². The molecule has 0 atom stereocenters. The molecule has 2 aromatic heterocycles. The van der Waals surface area contributed by atoms with E-state index in [4.69, 9.17) is 4.74 Å². The lowest BCUT2D eigenvalue weighted by atomic mass is 10.1. The van der Waals surface area contributed by atoms with Gasteiger partial charge >= 0.3 is 0 Å². The molecular weight excluding hydrogens is 244 g/mol. The molecular formula is C13H12N4O2. The van der Waals surface area contributed by atoms with Gasteiger partial charge in [-0.05, 0) is 24.3 Å². The molecule has 3 rings (SSSR count). The van der Waals surface area contributed by atoms with E-state index in [0.717, 1.165) is 11.3 Å². The van der Waals surface area contributed by atoms with E-state index in [1.807, 2.05) is 24.3 Å². The molecule has 0 unspecified atom stereocenters. The summed E-state index contributed by atoms with van der Waals surface area (Å²) in [5.41, 5.74) is 2.07. The van der Waals surface area contributed by atoms with E-state index in [0.29, 0.717) is 16.6 Å². The maximum Gasteiger partial charge on any atom is 0.275 e. The average Bonchev–Trinajstić information content (AvgIpc) is 2.83. The largest absolute Gasteiger partial charge is 0.497 e. The second-order valence-corrected chi connectivity index (χ2v) is 4.16. The molecule has 1 aromatic carbocycles. The van der Waals surface area contributed by atoms with E-state index < -0.39 is 0 Å². The Bertz CT molecular complexity index is 787. The summed E-state index contributed by atoms with van der Waals surface area (Å²) in [4.78, 5) is 11.7. The number of nitrogens with one attached hydrogen (secondary N) is 1. The normalized spacial score (nSPS) is 10.8. The van der Waals surface area contributed by atoms with Crippen LogP contribution in [0.1, 0.15) is 0 Å². The Labute approximate surface area is 108 Å². The lowest BCUT2D eigenvalue weighted by molar-refractivity contribution is 0.415. The first-order valence-electron chi connectivity index (χ1n) is 5.75. The number of fused-ring (bicyclic) bond motifs is 1. The third-order valence-electron chi connectivity index (χ3n) is 3.04. The van der Waals surface area contributed by atoms with Gasteiger partial charge in [-0.25, -0.2) is 5.10 Å². The van der Waals surface area contributed by atoms with Gasteiger partial charge in [-0.1, -0.05) is 0 Å². The smallest absolute Gasteiger partial charge is 0.275 e. The fourth-order valence-corrected chi connectivity index (χ4v) is 2.05. The van der Waals surface area contributed by atoms with Gasteiger partial charge in [0.05, 0.1) is 18.7 Å².